The molecule has 17 heavy (non-hydrogen) atoms. The van der Waals surface area contributed by atoms with E-state index in [0.29, 0.717) is 0 Å². The Hall–Kier alpha value is -1.09. The normalized spacial score (nSPS) is 20.2. The fourth-order valence-corrected chi connectivity index (χ4v) is 2.40. The molecule has 2 heterocycles. The molecule has 3 nitrogen and oxygen atoms in total. The number of anilines is 1. The lowest BCUT2D eigenvalue weighted by atomic mass is 9.93. The van der Waals surface area contributed by atoms with Crippen molar-refractivity contribution in [3.8, 4) is 0 Å². The number of pyridine rings is 1. The van der Waals surface area contributed by atoms with E-state index >= 15 is 0 Å². The second-order valence-electron chi connectivity index (χ2n) is 5.17. The molecule has 0 aliphatic carbocycles. The van der Waals surface area contributed by atoms with Gasteiger partial charge in [0.1, 0.15) is 5.82 Å². The zero-order chi connectivity index (χ0) is 12.1. The molecule has 0 amide bonds. The maximum atomic E-state index is 4.35. The van der Waals surface area contributed by atoms with Gasteiger partial charge in [-0.15, -0.1) is 0 Å². The molecule has 1 unspecified atom stereocenters. The molecule has 94 valence electrons. The monoisotopic (exact) mass is 233 g/mol. The Balaban J connectivity index is 1.87. The van der Waals surface area contributed by atoms with Crippen LogP contribution in [0.3, 0.4) is 0 Å². The first-order chi connectivity index (χ1) is 8.25. The highest BCUT2D eigenvalue weighted by Crippen LogP contribution is 2.18. The van der Waals surface area contributed by atoms with Gasteiger partial charge in [0.25, 0.3) is 0 Å². The van der Waals surface area contributed by atoms with E-state index in [-0.39, 0.29) is 0 Å². The minimum Gasteiger partial charge on any atom is -0.363 e. The third-order valence-corrected chi connectivity index (χ3v) is 3.51. The molecule has 2 rings (SSSR count). The summed E-state index contributed by atoms with van der Waals surface area (Å²) in [5, 5.41) is 3.48. The molecule has 0 radical (unpaired) electrons. The maximum Gasteiger partial charge on any atom is 0.128 e. The largest absolute Gasteiger partial charge is 0.363 e. The molecular formula is C14H23N3. The summed E-state index contributed by atoms with van der Waals surface area (Å²) in [6.45, 7) is 2.40. The van der Waals surface area contributed by atoms with Crippen LogP contribution in [0.25, 0.3) is 0 Å². The molecule has 0 saturated carbocycles. The van der Waals surface area contributed by atoms with Crippen LogP contribution in [-0.2, 0) is 6.42 Å². The zero-order valence-corrected chi connectivity index (χ0v) is 10.9. The van der Waals surface area contributed by atoms with Crippen molar-refractivity contribution >= 4 is 5.82 Å². The number of hydrogen-bond acceptors (Lipinski definition) is 3. The van der Waals surface area contributed by atoms with E-state index in [2.05, 4.69) is 27.3 Å². The van der Waals surface area contributed by atoms with E-state index in [1.807, 2.05) is 20.3 Å². The van der Waals surface area contributed by atoms with Gasteiger partial charge < -0.3 is 10.2 Å². The summed E-state index contributed by atoms with van der Waals surface area (Å²) in [4.78, 5) is 6.41. The standard InChI is InChI=1S/C14H23N3/c1-17(2)14-10-12(7-9-16-14)5-6-13-4-3-8-15-11-13/h7,9-10,13,15H,3-6,8,11H2,1-2H3. The van der Waals surface area contributed by atoms with Crippen LogP contribution in [0, 0.1) is 5.92 Å². The van der Waals surface area contributed by atoms with Crippen LogP contribution in [0.1, 0.15) is 24.8 Å². The van der Waals surface area contributed by atoms with Crippen LogP contribution in [0.5, 0.6) is 0 Å². The molecule has 1 aromatic heterocycles. The summed E-state index contributed by atoms with van der Waals surface area (Å²) in [5.41, 5.74) is 1.41. The molecule has 0 bridgehead atoms. The third-order valence-electron chi connectivity index (χ3n) is 3.51. The summed E-state index contributed by atoms with van der Waals surface area (Å²) in [6.07, 6.45) is 7.12. The fraction of sp³-hybridized carbons (Fsp3) is 0.643. The van der Waals surface area contributed by atoms with Crippen LogP contribution >= 0.6 is 0 Å². The number of aromatic nitrogens is 1. The van der Waals surface area contributed by atoms with Crippen LogP contribution < -0.4 is 10.2 Å². The number of piperidine rings is 1. The number of hydrogen-bond donors (Lipinski definition) is 1. The Bertz CT molecular complexity index is 343. The molecule has 1 atom stereocenters. The Morgan fingerprint density at radius 1 is 1.47 bits per heavy atom. The number of aryl methyl sites for hydroxylation is 1. The third kappa shape index (κ3) is 3.70. The lowest BCUT2D eigenvalue weighted by Gasteiger charge is -2.22. The first-order valence-corrected chi connectivity index (χ1v) is 6.58. The lowest BCUT2D eigenvalue weighted by Crippen LogP contribution is -2.29. The summed E-state index contributed by atoms with van der Waals surface area (Å²) in [7, 11) is 4.08. The average Bonchev–Trinajstić information content (AvgIpc) is 2.38. The second-order valence-corrected chi connectivity index (χ2v) is 5.17. The zero-order valence-electron chi connectivity index (χ0n) is 10.9. The van der Waals surface area contributed by atoms with Gasteiger partial charge in [-0.2, -0.15) is 0 Å². The van der Waals surface area contributed by atoms with E-state index in [1.165, 1.54) is 44.3 Å². The molecule has 1 aliphatic rings. The number of nitrogens with zero attached hydrogens (tertiary/aromatic N) is 2. The van der Waals surface area contributed by atoms with Gasteiger partial charge in [0.2, 0.25) is 0 Å². The van der Waals surface area contributed by atoms with Gasteiger partial charge >= 0.3 is 0 Å². The van der Waals surface area contributed by atoms with Crippen LogP contribution in [0.4, 0.5) is 5.82 Å². The SMILES string of the molecule is CN(C)c1cc(CCC2CCCNC2)ccn1. The maximum absolute atomic E-state index is 4.35. The first-order valence-electron chi connectivity index (χ1n) is 6.58. The van der Waals surface area contributed by atoms with Crippen LogP contribution in [0.2, 0.25) is 0 Å². The van der Waals surface area contributed by atoms with Crippen molar-refractivity contribution in [3.05, 3.63) is 23.9 Å². The van der Waals surface area contributed by atoms with E-state index in [9.17, 15) is 0 Å². The second kappa shape index (κ2) is 6.01. The Labute approximate surface area is 104 Å². The van der Waals surface area contributed by atoms with Crippen molar-refractivity contribution in [1.82, 2.24) is 10.3 Å². The van der Waals surface area contributed by atoms with Crippen molar-refractivity contribution in [1.29, 1.82) is 0 Å². The predicted octanol–water partition coefficient (Wildman–Crippen LogP) is 2.08. The summed E-state index contributed by atoms with van der Waals surface area (Å²) < 4.78 is 0. The van der Waals surface area contributed by atoms with Gasteiger partial charge in [0.05, 0.1) is 0 Å². The van der Waals surface area contributed by atoms with Gasteiger partial charge in [-0.05, 0) is 62.4 Å². The minimum absolute atomic E-state index is 0.861. The molecule has 0 spiro atoms. The molecule has 1 saturated heterocycles. The highest BCUT2D eigenvalue weighted by Gasteiger charge is 2.12. The van der Waals surface area contributed by atoms with Crippen molar-refractivity contribution in [2.24, 2.45) is 5.92 Å². The highest BCUT2D eigenvalue weighted by atomic mass is 15.1. The average molecular weight is 233 g/mol. The predicted molar refractivity (Wildman–Crippen MR) is 72.5 cm³/mol. The van der Waals surface area contributed by atoms with Crippen LogP contribution in [-0.4, -0.2) is 32.2 Å². The topological polar surface area (TPSA) is 28.2 Å². The Morgan fingerprint density at radius 2 is 2.35 bits per heavy atom. The lowest BCUT2D eigenvalue weighted by molar-refractivity contribution is 0.358. The van der Waals surface area contributed by atoms with E-state index in [0.717, 1.165) is 11.7 Å². The summed E-state index contributed by atoms with van der Waals surface area (Å²) in [6, 6.07) is 4.35. The molecular weight excluding hydrogens is 210 g/mol. The molecule has 1 N–H and O–H groups in total. The quantitative estimate of drug-likeness (QED) is 0.863. The van der Waals surface area contributed by atoms with Gasteiger partial charge in [0, 0.05) is 20.3 Å². The molecule has 1 fully saturated rings. The number of rotatable bonds is 4. The minimum atomic E-state index is 0.861. The Kier molecular flexibility index (Phi) is 4.37. The summed E-state index contributed by atoms with van der Waals surface area (Å²) >= 11 is 0. The van der Waals surface area contributed by atoms with E-state index in [1.54, 1.807) is 0 Å². The molecule has 0 aromatic carbocycles. The fourth-order valence-electron chi connectivity index (χ4n) is 2.40. The Morgan fingerprint density at radius 3 is 3.06 bits per heavy atom. The van der Waals surface area contributed by atoms with Crippen molar-refractivity contribution in [2.75, 3.05) is 32.1 Å². The molecule has 3 heteroatoms. The highest BCUT2D eigenvalue weighted by molar-refractivity contribution is 5.39. The number of nitrogens with one attached hydrogen (secondary N) is 1. The first kappa shape index (κ1) is 12.4. The van der Waals surface area contributed by atoms with E-state index in [4.69, 9.17) is 0 Å². The van der Waals surface area contributed by atoms with Gasteiger partial charge in [-0.25, -0.2) is 4.98 Å². The van der Waals surface area contributed by atoms with Crippen LogP contribution in [0.15, 0.2) is 18.3 Å². The van der Waals surface area contributed by atoms with Crippen molar-refractivity contribution in [3.63, 3.8) is 0 Å². The van der Waals surface area contributed by atoms with E-state index < -0.39 is 0 Å². The van der Waals surface area contributed by atoms with Crippen molar-refractivity contribution < 1.29 is 0 Å². The van der Waals surface area contributed by atoms with Crippen molar-refractivity contribution in [2.45, 2.75) is 25.7 Å². The molecule has 1 aromatic rings. The van der Waals surface area contributed by atoms with Gasteiger partial charge in [0.15, 0.2) is 0 Å². The van der Waals surface area contributed by atoms with Gasteiger partial charge in [-0.1, -0.05) is 0 Å². The summed E-state index contributed by atoms with van der Waals surface area (Å²) in [5.74, 6) is 1.92. The van der Waals surface area contributed by atoms with Gasteiger partial charge in [-0.3, -0.25) is 0 Å². The molecule has 1 aliphatic heterocycles. The smallest absolute Gasteiger partial charge is 0.128 e.